The molecule has 1 amide bonds. The van der Waals surface area contributed by atoms with Gasteiger partial charge in [0.1, 0.15) is 11.6 Å². The first-order chi connectivity index (χ1) is 13.6. The normalized spacial score (nSPS) is 14.8. The Kier molecular flexibility index (Phi) is 6.41. The molecule has 2 aromatic rings. The van der Waals surface area contributed by atoms with E-state index in [1.165, 1.54) is 30.3 Å². The van der Waals surface area contributed by atoms with Crippen LogP contribution in [0.25, 0.3) is 0 Å². The molecule has 0 unspecified atom stereocenters. The third-order valence-electron chi connectivity index (χ3n) is 4.52. The van der Waals surface area contributed by atoms with Gasteiger partial charge in [-0.05, 0) is 36.4 Å². The summed E-state index contributed by atoms with van der Waals surface area (Å²) in [5.41, 5.74) is 1.13. The number of carbonyl (C=O) groups excluding carboxylic acids is 1. The van der Waals surface area contributed by atoms with Crippen molar-refractivity contribution in [3.05, 3.63) is 60.2 Å². The van der Waals surface area contributed by atoms with Crippen LogP contribution < -0.4 is 15.5 Å². The highest BCUT2D eigenvalue weighted by atomic mass is 19.1. The Morgan fingerprint density at radius 1 is 1.04 bits per heavy atom. The van der Waals surface area contributed by atoms with E-state index < -0.39 is 0 Å². The third kappa shape index (κ3) is 4.97. The molecule has 0 bridgehead atoms. The molecule has 148 valence electrons. The molecular formula is C20H23F2N5O. The van der Waals surface area contributed by atoms with Gasteiger partial charge in [-0.3, -0.25) is 9.79 Å². The number of rotatable bonds is 4. The lowest BCUT2D eigenvalue weighted by molar-refractivity contribution is -0.115. The fraction of sp³-hybridized carbons (Fsp3) is 0.300. The van der Waals surface area contributed by atoms with Crippen LogP contribution in [0.4, 0.5) is 20.2 Å². The van der Waals surface area contributed by atoms with Gasteiger partial charge in [-0.25, -0.2) is 8.78 Å². The first-order valence-electron chi connectivity index (χ1n) is 9.07. The van der Waals surface area contributed by atoms with E-state index in [0.29, 0.717) is 43.5 Å². The monoisotopic (exact) mass is 387 g/mol. The predicted octanol–water partition coefficient (Wildman–Crippen LogP) is 2.30. The van der Waals surface area contributed by atoms with Gasteiger partial charge in [-0.15, -0.1) is 0 Å². The number of hydrogen-bond donors (Lipinski definition) is 2. The summed E-state index contributed by atoms with van der Waals surface area (Å²) in [6.45, 7) is 2.67. The van der Waals surface area contributed by atoms with Gasteiger partial charge in [0, 0.05) is 38.9 Å². The molecule has 2 aromatic carbocycles. The molecule has 0 aliphatic carbocycles. The molecule has 1 fully saturated rings. The zero-order valence-electron chi connectivity index (χ0n) is 15.7. The van der Waals surface area contributed by atoms with Crippen molar-refractivity contribution in [1.29, 1.82) is 0 Å². The molecule has 8 heteroatoms. The molecule has 2 N–H and O–H groups in total. The number of carbonyl (C=O) groups is 1. The van der Waals surface area contributed by atoms with Crippen molar-refractivity contribution in [2.45, 2.75) is 0 Å². The zero-order valence-corrected chi connectivity index (χ0v) is 15.7. The van der Waals surface area contributed by atoms with E-state index in [2.05, 4.69) is 15.6 Å². The standard InChI is InChI=1S/C20H23F2N5O/c1-23-20(24-14-19(28)25-16-8-6-15(21)7-9-16)27-12-10-26(11-13-27)18-5-3-2-4-17(18)22/h2-9H,10-14H2,1H3,(H,23,24)(H,25,28). The Labute approximate surface area is 162 Å². The number of anilines is 2. The average molecular weight is 387 g/mol. The van der Waals surface area contributed by atoms with E-state index >= 15 is 0 Å². The molecule has 28 heavy (non-hydrogen) atoms. The van der Waals surface area contributed by atoms with Gasteiger partial charge in [0.15, 0.2) is 5.96 Å². The van der Waals surface area contributed by atoms with Crippen LogP contribution in [-0.4, -0.2) is 56.5 Å². The van der Waals surface area contributed by atoms with Crippen molar-refractivity contribution in [1.82, 2.24) is 10.2 Å². The molecular weight excluding hydrogens is 364 g/mol. The fourth-order valence-corrected chi connectivity index (χ4v) is 3.10. The number of nitrogens with one attached hydrogen (secondary N) is 2. The number of hydrogen-bond acceptors (Lipinski definition) is 3. The van der Waals surface area contributed by atoms with Crippen LogP contribution in [0.15, 0.2) is 53.5 Å². The quantitative estimate of drug-likeness (QED) is 0.624. The van der Waals surface area contributed by atoms with E-state index in [4.69, 9.17) is 0 Å². The molecule has 1 heterocycles. The number of amides is 1. The van der Waals surface area contributed by atoms with Crippen LogP contribution in [0, 0.1) is 11.6 Å². The summed E-state index contributed by atoms with van der Waals surface area (Å²) < 4.78 is 26.9. The number of aliphatic imine (C=N–C) groups is 1. The van der Waals surface area contributed by atoms with Gasteiger partial charge >= 0.3 is 0 Å². The van der Waals surface area contributed by atoms with Gasteiger partial charge in [0.05, 0.1) is 12.2 Å². The molecule has 0 atom stereocenters. The van der Waals surface area contributed by atoms with Crippen LogP contribution in [0.2, 0.25) is 0 Å². The lowest BCUT2D eigenvalue weighted by Crippen LogP contribution is -2.53. The maximum absolute atomic E-state index is 14.0. The summed E-state index contributed by atoms with van der Waals surface area (Å²) in [5.74, 6) is -0.220. The van der Waals surface area contributed by atoms with E-state index in [-0.39, 0.29) is 24.1 Å². The Hall–Kier alpha value is -3.16. The van der Waals surface area contributed by atoms with Gasteiger partial charge in [0.2, 0.25) is 5.91 Å². The summed E-state index contributed by atoms with van der Waals surface area (Å²) in [4.78, 5) is 20.3. The Morgan fingerprint density at radius 2 is 1.71 bits per heavy atom. The molecule has 3 rings (SSSR count). The molecule has 0 radical (unpaired) electrons. The number of guanidine groups is 1. The Bertz CT molecular complexity index is 833. The lowest BCUT2D eigenvalue weighted by Gasteiger charge is -2.37. The highest BCUT2D eigenvalue weighted by Gasteiger charge is 2.21. The minimum atomic E-state index is -0.356. The minimum absolute atomic E-state index is 0.0393. The summed E-state index contributed by atoms with van der Waals surface area (Å²) in [6.07, 6.45) is 0. The van der Waals surface area contributed by atoms with Crippen molar-refractivity contribution in [3.63, 3.8) is 0 Å². The second kappa shape index (κ2) is 9.16. The molecule has 1 saturated heterocycles. The van der Waals surface area contributed by atoms with E-state index in [0.717, 1.165) is 0 Å². The van der Waals surface area contributed by atoms with Crippen molar-refractivity contribution >= 4 is 23.2 Å². The molecule has 0 aromatic heterocycles. The van der Waals surface area contributed by atoms with Crippen LogP contribution in [-0.2, 0) is 4.79 Å². The molecule has 0 spiro atoms. The number of piperazine rings is 1. The van der Waals surface area contributed by atoms with E-state index in [9.17, 15) is 13.6 Å². The van der Waals surface area contributed by atoms with E-state index in [1.807, 2.05) is 15.9 Å². The number of benzene rings is 2. The number of halogens is 2. The van der Waals surface area contributed by atoms with Crippen molar-refractivity contribution < 1.29 is 13.6 Å². The maximum atomic E-state index is 14.0. The van der Waals surface area contributed by atoms with Crippen molar-refractivity contribution in [3.8, 4) is 0 Å². The van der Waals surface area contributed by atoms with Crippen molar-refractivity contribution in [2.24, 2.45) is 4.99 Å². The smallest absolute Gasteiger partial charge is 0.243 e. The maximum Gasteiger partial charge on any atom is 0.243 e. The molecule has 1 aliphatic heterocycles. The van der Waals surface area contributed by atoms with Crippen LogP contribution in [0.1, 0.15) is 0 Å². The Morgan fingerprint density at radius 3 is 2.36 bits per heavy atom. The predicted molar refractivity (Wildman–Crippen MR) is 107 cm³/mol. The average Bonchev–Trinajstić information content (AvgIpc) is 2.71. The molecule has 1 aliphatic rings. The zero-order chi connectivity index (χ0) is 19.9. The topological polar surface area (TPSA) is 60.0 Å². The highest BCUT2D eigenvalue weighted by molar-refractivity contribution is 5.95. The minimum Gasteiger partial charge on any atom is -0.366 e. The second-order valence-electron chi connectivity index (χ2n) is 6.38. The number of nitrogens with zero attached hydrogens (tertiary/aromatic N) is 3. The summed E-state index contributed by atoms with van der Waals surface area (Å²) in [6, 6.07) is 12.3. The molecule has 0 saturated carbocycles. The lowest BCUT2D eigenvalue weighted by atomic mass is 10.2. The van der Waals surface area contributed by atoms with E-state index in [1.54, 1.807) is 19.2 Å². The van der Waals surface area contributed by atoms with Gasteiger partial charge < -0.3 is 20.4 Å². The number of para-hydroxylation sites is 1. The van der Waals surface area contributed by atoms with Crippen molar-refractivity contribution in [2.75, 3.05) is 50.0 Å². The van der Waals surface area contributed by atoms with Crippen LogP contribution >= 0.6 is 0 Å². The first kappa shape index (κ1) is 19.6. The summed E-state index contributed by atoms with van der Waals surface area (Å²) in [5, 5.41) is 5.73. The third-order valence-corrected chi connectivity index (χ3v) is 4.52. The highest BCUT2D eigenvalue weighted by Crippen LogP contribution is 2.20. The van der Waals surface area contributed by atoms with Crippen LogP contribution in [0.5, 0.6) is 0 Å². The van der Waals surface area contributed by atoms with Crippen LogP contribution in [0.3, 0.4) is 0 Å². The largest absolute Gasteiger partial charge is 0.366 e. The summed E-state index contributed by atoms with van der Waals surface area (Å²) in [7, 11) is 1.66. The van der Waals surface area contributed by atoms with Gasteiger partial charge in [-0.1, -0.05) is 12.1 Å². The second-order valence-corrected chi connectivity index (χ2v) is 6.38. The van der Waals surface area contributed by atoms with Gasteiger partial charge in [0.25, 0.3) is 0 Å². The van der Waals surface area contributed by atoms with Gasteiger partial charge in [-0.2, -0.15) is 0 Å². The fourth-order valence-electron chi connectivity index (χ4n) is 3.10. The first-order valence-corrected chi connectivity index (χ1v) is 9.07. The Balaban J connectivity index is 1.49. The summed E-state index contributed by atoms with van der Waals surface area (Å²) >= 11 is 0. The molecule has 6 nitrogen and oxygen atoms in total. The SMILES string of the molecule is CN=C(NCC(=O)Nc1ccc(F)cc1)N1CCN(c2ccccc2F)CC1.